The van der Waals surface area contributed by atoms with Crippen LogP contribution in [0.5, 0.6) is 0 Å². The number of aliphatic imine (C=N–C) groups is 1. The first kappa shape index (κ1) is 9.53. The Morgan fingerprint density at radius 1 is 1.40 bits per heavy atom. The fraction of sp³-hybridized carbons (Fsp3) is 0.167. The molecule has 0 N–H and O–H groups in total. The van der Waals surface area contributed by atoms with E-state index in [0.29, 0.717) is 0 Å². The summed E-state index contributed by atoms with van der Waals surface area (Å²) >= 11 is 10.8. The molecule has 0 fully saturated rings. The van der Waals surface area contributed by atoms with Gasteiger partial charge < -0.3 is 4.74 Å². The molecule has 0 bridgehead atoms. The lowest BCUT2D eigenvalue weighted by Gasteiger charge is -1.99. The highest BCUT2D eigenvalue weighted by molar-refractivity contribution is 6.42. The van der Waals surface area contributed by atoms with E-state index in [1.165, 1.54) is 7.11 Å². The minimum atomic E-state index is 0.110. The number of nitrogens with zero attached hydrogens (tertiary/aromatic N) is 1. The SMILES string of the molecule is C=C(Cl)/N=C(/OC)C(=C)Cl. The van der Waals surface area contributed by atoms with E-state index < -0.39 is 0 Å². The maximum atomic E-state index is 5.44. The number of hydrogen-bond donors (Lipinski definition) is 0. The summed E-state index contributed by atoms with van der Waals surface area (Å²) < 4.78 is 4.70. The van der Waals surface area contributed by atoms with Gasteiger partial charge >= 0.3 is 0 Å². The first-order valence-corrected chi connectivity index (χ1v) is 3.15. The molecule has 0 aliphatic rings. The van der Waals surface area contributed by atoms with Gasteiger partial charge in [-0.15, -0.1) is 0 Å². The molecule has 0 rings (SSSR count). The van der Waals surface area contributed by atoms with Crippen LogP contribution in [0, 0.1) is 0 Å². The molecule has 0 atom stereocenters. The molecule has 0 saturated heterocycles. The van der Waals surface area contributed by atoms with Crippen LogP contribution in [0.2, 0.25) is 0 Å². The predicted octanol–water partition coefficient (Wildman–Crippen LogP) is 2.49. The Morgan fingerprint density at radius 3 is 2.00 bits per heavy atom. The standard InChI is InChI=1S/C6H7Cl2NO/c1-4(7)6(10-3)9-5(2)8/h1-2H2,3H3/b9-6+. The summed E-state index contributed by atoms with van der Waals surface area (Å²) in [5.74, 6) is 0.182. The third kappa shape index (κ3) is 3.54. The second kappa shape index (κ2) is 4.36. The van der Waals surface area contributed by atoms with Crippen LogP contribution in [-0.2, 0) is 4.74 Å². The predicted molar refractivity (Wildman–Crippen MR) is 44.4 cm³/mol. The lowest BCUT2D eigenvalue weighted by atomic mass is 10.6. The summed E-state index contributed by atoms with van der Waals surface area (Å²) in [5, 5.41) is 0.308. The van der Waals surface area contributed by atoms with Crippen LogP contribution >= 0.6 is 23.2 Å². The number of rotatable bonds is 2. The van der Waals surface area contributed by atoms with Gasteiger partial charge in [0, 0.05) is 0 Å². The zero-order chi connectivity index (χ0) is 8.15. The third-order valence-electron chi connectivity index (χ3n) is 0.648. The van der Waals surface area contributed by atoms with E-state index in [0.717, 1.165) is 0 Å². The molecule has 0 radical (unpaired) electrons. The molecule has 0 aliphatic carbocycles. The van der Waals surface area contributed by atoms with E-state index in [2.05, 4.69) is 18.2 Å². The molecule has 0 aromatic heterocycles. The second-order valence-corrected chi connectivity index (χ2v) is 2.29. The summed E-state index contributed by atoms with van der Waals surface area (Å²) in [5.41, 5.74) is 0. The Kier molecular flexibility index (Phi) is 4.16. The molecule has 0 unspecified atom stereocenters. The Balaban J connectivity index is 4.34. The summed E-state index contributed by atoms with van der Waals surface area (Å²) in [6, 6.07) is 0. The van der Waals surface area contributed by atoms with E-state index in [1.54, 1.807) is 0 Å². The van der Waals surface area contributed by atoms with Crippen molar-refractivity contribution in [3.8, 4) is 0 Å². The van der Waals surface area contributed by atoms with Crippen molar-refractivity contribution >= 4 is 29.1 Å². The highest BCUT2D eigenvalue weighted by Gasteiger charge is 1.99. The van der Waals surface area contributed by atoms with Gasteiger partial charge in [-0.25, -0.2) is 4.99 Å². The number of halogens is 2. The van der Waals surface area contributed by atoms with Crippen LogP contribution < -0.4 is 0 Å². The van der Waals surface area contributed by atoms with E-state index in [9.17, 15) is 0 Å². The molecule has 56 valence electrons. The summed E-state index contributed by atoms with van der Waals surface area (Å²) in [7, 11) is 1.42. The molecular weight excluding hydrogens is 173 g/mol. The number of methoxy groups -OCH3 is 1. The van der Waals surface area contributed by atoms with Crippen molar-refractivity contribution in [2.75, 3.05) is 7.11 Å². The van der Waals surface area contributed by atoms with Crippen LogP contribution in [0.3, 0.4) is 0 Å². The molecule has 0 heterocycles. The topological polar surface area (TPSA) is 21.6 Å². The summed E-state index contributed by atoms with van der Waals surface area (Å²) in [4.78, 5) is 3.63. The van der Waals surface area contributed by atoms with E-state index in [4.69, 9.17) is 27.9 Å². The first-order chi connectivity index (χ1) is 4.57. The van der Waals surface area contributed by atoms with Crippen LogP contribution in [0.4, 0.5) is 0 Å². The molecule has 0 aromatic rings. The Labute approximate surface area is 69.8 Å². The molecule has 4 heteroatoms. The minimum absolute atomic E-state index is 0.110. The van der Waals surface area contributed by atoms with Crippen molar-refractivity contribution in [2.45, 2.75) is 0 Å². The number of hydrogen-bond acceptors (Lipinski definition) is 2. The van der Waals surface area contributed by atoms with E-state index in [-0.39, 0.29) is 16.1 Å². The maximum Gasteiger partial charge on any atom is 0.233 e. The molecule has 0 spiro atoms. The average Bonchev–Trinajstić information content (AvgIpc) is 1.81. The summed E-state index contributed by atoms with van der Waals surface area (Å²) in [6.07, 6.45) is 0. The van der Waals surface area contributed by atoms with Gasteiger partial charge in [-0.1, -0.05) is 36.4 Å². The normalized spacial score (nSPS) is 10.9. The molecule has 0 saturated carbocycles. The number of ether oxygens (including phenoxy) is 1. The van der Waals surface area contributed by atoms with Crippen molar-refractivity contribution in [1.82, 2.24) is 0 Å². The zero-order valence-corrected chi connectivity index (χ0v) is 7.04. The van der Waals surface area contributed by atoms with Crippen LogP contribution in [0.25, 0.3) is 0 Å². The highest BCUT2D eigenvalue weighted by Crippen LogP contribution is 2.06. The van der Waals surface area contributed by atoms with Gasteiger partial charge in [0.05, 0.1) is 12.1 Å². The fourth-order valence-electron chi connectivity index (χ4n) is 0.327. The van der Waals surface area contributed by atoms with Gasteiger partial charge in [0.2, 0.25) is 5.90 Å². The maximum absolute atomic E-state index is 5.44. The van der Waals surface area contributed by atoms with Crippen molar-refractivity contribution in [3.63, 3.8) is 0 Å². The van der Waals surface area contributed by atoms with Crippen molar-refractivity contribution < 1.29 is 4.74 Å². The van der Waals surface area contributed by atoms with Crippen LogP contribution in [0.1, 0.15) is 0 Å². The Morgan fingerprint density at radius 2 is 1.90 bits per heavy atom. The molecule has 0 amide bonds. The van der Waals surface area contributed by atoms with Crippen molar-refractivity contribution in [2.24, 2.45) is 4.99 Å². The minimum Gasteiger partial charge on any atom is -0.480 e. The molecule has 0 aliphatic heterocycles. The molecule has 10 heavy (non-hydrogen) atoms. The van der Waals surface area contributed by atoms with Gasteiger partial charge in [0.15, 0.2) is 0 Å². The quantitative estimate of drug-likeness (QED) is 0.363. The fourth-order valence-corrected chi connectivity index (χ4v) is 0.523. The van der Waals surface area contributed by atoms with Gasteiger partial charge in [-0.2, -0.15) is 0 Å². The van der Waals surface area contributed by atoms with Crippen molar-refractivity contribution in [1.29, 1.82) is 0 Å². The molecular formula is C6H7Cl2NO. The lowest BCUT2D eigenvalue weighted by Crippen LogP contribution is -1.99. The van der Waals surface area contributed by atoms with E-state index in [1.807, 2.05) is 0 Å². The largest absolute Gasteiger partial charge is 0.480 e. The van der Waals surface area contributed by atoms with Gasteiger partial charge in [-0.05, 0) is 0 Å². The van der Waals surface area contributed by atoms with Crippen LogP contribution in [-0.4, -0.2) is 13.0 Å². The lowest BCUT2D eigenvalue weighted by molar-refractivity contribution is 0.406. The zero-order valence-electron chi connectivity index (χ0n) is 5.53. The van der Waals surface area contributed by atoms with E-state index >= 15 is 0 Å². The highest BCUT2D eigenvalue weighted by atomic mass is 35.5. The Hall–Kier alpha value is -0.470. The van der Waals surface area contributed by atoms with Gasteiger partial charge in [0.25, 0.3) is 0 Å². The van der Waals surface area contributed by atoms with Crippen molar-refractivity contribution in [3.05, 3.63) is 23.3 Å². The van der Waals surface area contributed by atoms with Gasteiger partial charge in [0.1, 0.15) is 5.16 Å². The van der Waals surface area contributed by atoms with Crippen LogP contribution in [0.15, 0.2) is 28.3 Å². The van der Waals surface area contributed by atoms with Gasteiger partial charge in [-0.3, -0.25) is 0 Å². The molecule has 2 nitrogen and oxygen atoms in total. The first-order valence-electron chi connectivity index (χ1n) is 2.39. The third-order valence-corrected chi connectivity index (χ3v) is 0.894. The molecule has 0 aromatic carbocycles. The smallest absolute Gasteiger partial charge is 0.233 e. The second-order valence-electron chi connectivity index (χ2n) is 1.40. The average molecular weight is 180 g/mol. The summed E-state index contributed by atoms with van der Waals surface area (Å²) in [6.45, 7) is 6.71. The Bertz CT molecular complexity index is 186. The monoisotopic (exact) mass is 179 g/mol.